The van der Waals surface area contributed by atoms with E-state index in [2.05, 4.69) is 25.7 Å². The fourth-order valence-electron chi connectivity index (χ4n) is 5.13. The molecule has 0 unspecified atom stereocenters. The molecule has 1 amide bonds. The molecule has 0 atom stereocenters. The van der Waals surface area contributed by atoms with E-state index in [0.717, 1.165) is 50.8 Å². The number of amides is 1. The first-order valence-electron chi connectivity index (χ1n) is 11.3. The monoisotopic (exact) mass is 422 g/mol. The van der Waals surface area contributed by atoms with E-state index in [1.165, 1.54) is 63.1 Å². The van der Waals surface area contributed by atoms with Crippen molar-refractivity contribution >= 4 is 17.7 Å². The molecule has 1 aromatic heterocycles. The summed E-state index contributed by atoms with van der Waals surface area (Å²) in [4.78, 5) is 15.2. The molecule has 8 nitrogen and oxygen atoms in total. The van der Waals surface area contributed by atoms with Gasteiger partial charge in [-0.2, -0.15) is 0 Å². The highest BCUT2D eigenvalue weighted by atomic mass is 32.2. The lowest BCUT2D eigenvalue weighted by Gasteiger charge is -2.48. The van der Waals surface area contributed by atoms with Crippen LogP contribution >= 0.6 is 11.8 Å². The maximum absolute atomic E-state index is 12.6. The zero-order chi connectivity index (χ0) is 19.9. The van der Waals surface area contributed by atoms with Gasteiger partial charge in [-0.3, -0.25) is 9.69 Å². The van der Waals surface area contributed by atoms with Crippen LogP contribution in [0, 0.1) is 0 Å². The number of carbonyl (C=O) groups is 1. The van der Waals surface area contributed by atoms with Gasteiger partial charge in [-0.15, -0.1) is 5.10 Å². The zero-order valence-corrected chi connectivity index (χ0v) is 18.2. The standard InChI is InChI=1S/C20H34N6O2S/c27-18(15-29-19-22-23-24-26(19)17-7-3-1-4-8-17)21-16-20(9-5-2-6-10-20)25-11-13-28-14-12-25/h17H,1-16H2,(H,21,27). The SMILES string of the molecule is O=C(CSc1nnnn1C1CCCCC1)NCC1(N2CCOCC2)CCCCC1. The molecule has 0 bridgehead atoms. The molecule has 0 radical (unpaired) electrons. The number of morpholine rings is 1. The summed E-state index contributed by atoms with van der Waals surface area (Å²) in [5.41, 5.74) is 0.103. The van der Waals surface area contributed by atoms with Crippen LogP contribution in [-0.2, 0) is 9.53 Å². The second kappa shape index (κ2) is 10.2. The lowest BCUT2D eigenvalue weighted by Crippen LogP contribution is -2.59. The lowest BCUT2D eigenvalue weighted by atomic mass is 9.79. The molecule has 0 aromatic carbocycles. The van der Waals surface area contributed by atoms with Gasteiger partial charge >= 0.3 is 0 Å². The van der Waals surface area contributed by atoms with Crippen molar-refractivity contribution in [3.8, 4) is 0 Å². The van der Waals surface area contributed by atoms with E-state index in [-0.39, 0.29) is 11.4 Å². The maximum atomic E-state index is 12.6. The zero-order valence-electron chi connectivity index (χ0n) is 17.4. The average Bonchev–Trinajstić information content (AvgIpc) is 3.27. The van der Waals surface area contributed by atoms with Gasteiger partial charge in [0.25, 0.3) is 0 Å². The molecule has 3 aliphatic rings. The molecular weight excluding hydrogens is 388 g/mol. The van der Waals surface area contributed by atoms with E-state index in [9.17, 15) is 4.79 Å². The molecule has 4 rings (SSSR count). The molecule has 2 heterocycles. The lowest BCUT2D eigenvalue weighted by molar-refractivity contribution is -0.119. The second-order valence-corrected chi connectivity index (χ2v) is 9.59. The van der Waals surface area contributed by atoms with E-state index >= 15 is 0 Å². The maximum Gasteiger partial charge on any atom is 0.230 e. The Morgan fingerprint density at radius 1 is 1.10 bits per heavy atom. The Bertz CT molecular complexity index is 651. The second-order valence-electron chi connectivity index (χ2n) is 8.65. The fourth-order valence-corrected chi connectivity index (χ4v) is 5.91. The number of rotatable bonds is 7. The van der Waals surface area contributed by atoms with Crippen molar-refractivity contribution in [2.45, 2.75) is 80.9 Å². The van der Waals surface area contributed by atoms with Crippen molar-refractivity contribution in [1.82, 2.24) is 30.4 Å². The van der Waals surface area contributed by atoms with Crippen molar-refractivity contribution in [3.63, 3.8) is 0 Å². The molecule has 162 valence electrons. The molecule has 29 heavy (non-hydrogen) atoms. The van der Waals surface area contributed by atoms with Gasteiger partial charge in [-0.1, -0.05) is 50.3 Å². The minimum atomic E-state index is 0.0754. The van der Waals surface area contributed by atoms with E-state index < -0.39 is 0 Å². The number of tetrazole rings is 1. The summed E-state index contributed by atoms with van der Waals surface area (Å²) in [6.07, 6.45) is 12.2. The minimum absolute atomic E-state index is 0.0754. The highest BCUT2D eigenvalue weighted by molar-refractivity contribution is 7.99. The Labute approximate surface area is 177 Å². The summed E-state index contributed by atoms with van der Waals surface area (Å²) in [7, 11) is 0. The van der Waals surface area contributed by atoms with Crippen molar-refractivity contribution in [1.29, 1.82) is 0 Å². The molecule has 2 aliphatic carbocycles. The first-order chi connectivity index (χ1) is 14.3. The van der Waals surface area contributed by atoms with Crippen LogP contribution in [0.25, 0.3) is 0 Å². The summed E-state index contributed by atoms with van der Waals surface area (Å²) >= 11 is 1.46. The van der Waals surface area contributed by atoms with Crippen molar-refractivity contribution in [2.75, 3.05) is 38.6 Å². The van der Waals surface area contributed by atoms with Crippen LogP contribution in [-0.4, -0.2) is 75.2 Å². The molecule has 0 spiro atoms. The van der Waals surface area contributed by atoms with Crippen LogP contribution in [0.15, 0.2) is 5.16 Å². The Kier molecular flexibility index (Phi) is 7.42. The Balaban J connectivity index is 1.29. The number of hydrogen-bond acceptors (Lipinski definition) is 7. The van der Waals surface area contributed by atoms with Gasteiger partial charge in [0.05, 0.1) is 25.0 Å². The van der Waals surface area contributed by atoms with E-state index in [0.29, 0.717) is 11.8 Å². The normalized spacial score (nSPS) is 23.7. The number of hydrogen-bond donors (Lipinski definition) is 1. The smallest absolute Gasteiger partial charge is 0.230 e. The van der Waals surface area contributed by atoms with Crippen molar-refractivity contribution < 1.29 is 9.53 Å². The molecule has 1 aromatic rings. The largest absolute Gasteiger partial charge is 0.379 e. The highest BCUT2D eigenvalue weighted by Gasteiger charge is 2.38. The van der Waals surface area contributed by atoms with E-state index in [4.69, 9.17) is 4.74 Å². The van der Waals surface area contributed by atoms with Gasteiger partial charge in [0.1, 0.15) is 0 Å². The van der Waals surface area contributed by atoms with Gasteiger partial charge in [0.15, 0.2) is 0 Å². The third-order valence-electron chi connectivity index (χ3n) is 6.80. The molecule has 3 fully saturated rings. The highest BCUT2D eigenvalue weighted by Crippen LogP contribution is 2.34. The topological polar surface area (TPSA) is 85.2 Å². The fraction of sp³-hybridized carbons (Fsp3) is 0.900. The number of carbonyl (C=O) groups excluding carboxylic acids is 1. The van der Waals surface area contributed by atoms with Crippen molar-refractivity contribution in [2.24, 2.45) is 0 Å². The third kappa shape index (κ3) is 5.30. The first-order valence-corrected chi connectivity index (χ1v) is 12.3. The summed E-state index contributed by atoms with van der Waals surface area (Å²) in [6.45, 7) is 4.28. The Morgan fingerprint density at radius 2 is 1.83 bits per heavy atom. The van der Waals surface area contributed by atoms with Crippen LogP contribution in [0.3, 0.4) is 0 Å². The summed E-state index contributed by atoms with van der Waals surface area (Å²) in [5.74, 6) is 0.443. The van der Waals surface area contributed by atoms with Crippen LogP contribution in [0.4, 0.5) is 0 Å². The number of ether oxygens (including phenoxy) is 1. The average molecular weight is 423 g/mol. The molecule has 1 saturated heterocycles. The number of nitrogens with zero attached hydrogens (tertiary/aromatic N) is 5. The first kappa shape index (κ1) is 21.1. The summed E-state index contributed by atoms with van der Waals surface area (Å²) in [5, 5.41) is 16.2. The van der Waals surface area contributed by atoms with Gasteiger partial charge in [-0.25, -0.2) is 4.68 Å². The number of thioether (sulfide) groups is 1. The Hall–Kier alpha value is -1.19. The number of aromatic nitrogens is 4. The number of nitrogens with one attached hydrogen (secondary N) is 1. The summed E-state index contributed by atoms with van der Waals surface area (Å²) in [6, 6.07) is 0.385. The van der Waals surface area contributed by atoms with Crippen LogP contribution < -0.4 is 5.32 Å². The van der Waals surface area contributed by atoms with Gasteiger partial charge in [-0.05, 0) is 36.1 Å². The van der Waals surface area contributed by atoms with E-state index in [1.54, 1.807) is 0 Å². The molecule has 1 aliphatic heterocycles. The summed E-state index contributed by atoms with van der Waals surface area (Å²) < 4.78 is 7.49. The van der Waals surface area contributed by atoms with Gasteiger partial charge in [0.2, 0.25) is 11.1 Å². The Morgan fingerprint density at radius 3 is 2.59 bits per heavy atom. The third-order valence-corrected chi connectivity index (χ3v) is 7.73. The molecule has 2 saturated carbocycles. The molecular formula is C20H34N6O2S. The van der Waals surface area contributed by atoms with Gasteiger partial charge < -0.3 is 10.1 Å². The van der Waals surface area contributed by atoms with Crippen molar-refractivity contribution in [3.05, 3.63) is 0 Å². The predicted molar refractivity (Wildman–Crippen MR) is 112 cm³/mol. The molecule has 9 heteroatoms. The molecule has 1 N–H and O–H groups in total. The van der Waals surface area contributed by atoms with Crippen LogP contribution in [0.2, 0.25) is 0 Å². The van der Waals surface area contributed by atoms with Gasteiger partial charge in [0, 0.05) is 25.2 Å². The predicted octanol–water partition coefficient (Wildman–Crippen LogP) is 2.42. The minimum Gasteiger partial charge on any atom is -0.379 e. The van der Waals surface area contributed by atoms with E-state index in [1.807, 2.05) is 4.68 Å². The quantitative estimate of drug-likeness (QED) is 0.676. The van der Waals surface area contributed by atoms with Crippen LogP contribution in [0.5, 0.6) is 0 Å². The van der Waals surface area contributed by atoms with Crippen LogP contribution in [0.1, 0.15) is 70.3 Å².